The van der Waals surface area contributed by atoms with Gasteiger partial charge in [-0.2, -0.15) is 0 Å². The van der Waals surface area contributed by atoms with E-state index in [0.29, 0.717) is 0 Å². The highest BCUT2D eigenvalue weighted by Crippen LogP contribution is 2.16. The van der Waals surface area contributed by atoms with E-state index in [9.17, 15) is 9.59 Å². The van der Waals surface area contributed by atoms with Crippen molar-refractivity contribution < 1.29 is 14.0 Å². The summed E-state index contributed by atoms with van der Waals surface area (Å²) in [5.41, 5.74) is 0. The number of hydrogen-bond donors (Lipinski definition) is 2. The molecule has 0 aliphatic carbocycles. The minimum Gasteiger partial charge on any atom is -0.518 e. The van der Waals surface area contributed by atoms with Crippen molar-refractivity contribution in [2.75, 3.05) is 0 Å². The predicted molar refractivity (Wildman–Crippen MR) is 111 cm³/mol. The topological polar surface area (TPSA) is 67.4 Å². The molecule has 0 unspecified atom stereocenters. The highest BCUT2D eigenvalue weighted by molar-refractivity contribution is 6.73. The lowest BCUT2D eigenvalue weighted by atomic mass is 9.96. The molecule has 0 rings (SSSR count). The Balaban J connectivity index is 5.35. The Kier molecular flexibility index (Phi) is 9.61. The van der Waals surface area contributed by atoms with E-state index >= 15 is 0 Å². The molecule has 0 radical (unpaired) electrons. The van der Waals surface area contributed by atoms with Gasteiger partial charge < -0.3 is 14.7 Å². The summed E-state index contributed by atoms with van der Waals surface area (Å²) in [6, 6.07) is -0.859. The average Bonchev–Trinajstić information content (AvgIpc) is 2.45. The second kappa shape index (κ2) is 9.87. The summed E-state index contributed by atoms with van der Waals surface area (Å²) in [7, 11) is -3.63. The zero-order valence-electron chi connectivity index (χ0n) is 17.9. The van der Waals surface area contributed by atoms with E-state index in [-0.39, 0.29) is 29.8 Å². The second-order valence-corrected chi connectivity index (χ2v) is 18.4. The first-order valence-electron chi connectivity index (χ1n) is 9.52. The highest BCUT2D eigenvalue weighted by Gasteiger charge is 2.35. The van der Waals surface area contributed by atoms with Crippen LogP contribution in [0.1, 0.15) is 40.5 Å². The van der Waals surface area contributed by atoms with Gasteiger partial charge in [-0.3, -0.25) is 9.59 Å². The van der Waals surface area contributed by atoms with Crippen LogP contribution in [0.25, 0.3) is 0 Å². The summed E-state index contributed by atoms with van der Waals surface area (Å²) in [6.07, 6.45) is 1.71. The molecule has 4 atom stereocenters. The number of amides is 1. The summed E-state index contributed by atoms with van der Waals surface area (Å²) in [5, 5.41) is 3.00. The molecule has 25 heavy (non-hydrogen) atoms. The molecule has 0 aromatic heterocycles. The monoisotopic (exact) mass is 388 g/mol. The van der Waals surface area contributed by atoms with E-state index in [2.05, 4.69) is 43.8 Å². The Morgan fingerprint density at radius 2 is 1.32 bits per heavy atom. The maximum absolute atomic E-state index is 13.0. The van der Waals surface area contributed by atoms with Gasteiger partial charge in [0, 0.05) is 0 Å². The van der Waals surface area contributed by atoms with Crippen molar-refractivity contribution in [3.05, 3.63) is 0 Å². The van der Waals surface area contributed by atoms with Crippen molar-refractivity contribution in [2.45, 2.75) is 91.9 Å². The van der Waals surface area contributed by atoms with Crippen molar-refractivity contribution in [3.8, 4) is 0 Å². The summed E-state index contributed by atoms with van der Waals surface area (Å²) in [4.78, 5) is 29.1. The summed E-state index contributed by atoms with van der Waals surface area (Å²) in [6.45, 7) is 20.7. The minimum absolute atomic E-state index is 0.0391. The Bertz CT molecular complexity index is 445. The largest absolute Gasteiger partial charge is 0.518 e. The molecular formula is C18H40N2O3Si2. The molecule has 0 heterocycles. The van der Waals surface area contributed by atoms with E-state index in [1.165, 1.54) is 0 Å². The summed E-state index contributed by atoms with van der Waals surface area (Å²) >= 11 is 0. The van der Waals surface area contributed by atoms with E-state index < -0.39 is 22.6 Å². The molecular weight excluding hydrogens is 348 g/mol. The molecule has 7 heteroatoms. The Hall–Kier alpha value is -0.666. The molecule has 0 aromatic carbocycles. The zero-order chi connectivity index (χ0) is 20.0. The Morgan fingerprint density at radius 1 is 0.880 bits per heavy atom. The smallest absolute Gasteiger partial charge is 0.315 e. The average molecular weight is 389 g/mol. The molecule has 0 aliphatic heterocycles. The molecule has 5 nitrogen and oxygen atoms in total. The van der Waals surface area contributed by atoms with Crippen molar-refractivity contribution in [1.82, 2.24) is 10.3 Å². The molecule has 0 spiro atoms. The van der Waals surface area contributed by atoms with Crippen LogP contribution >= 0.6 is 0 Å². The first-order chi connectivity index (χ1) is 11.2. The van der Waals surface area contributed by atoms with Gasteiger partial charge in [0.2, 0.25) is 14.2 Å². The maximum atomic E-state index is 13.0. The molecule has 1 amide bonds. The molecule has 148 valence electrons. The van der Waals surface area contributed by atoms with Crippen LogP contribution in [0.2, 0.25) is 39.3 Å². The quantitative estimate of drug-likeness (QED) is 0.560. The third-order valence-corrected chi connectivity index (χ3v) is 6.25. The van der Waals surface area contributed by atoms with Crippen LogP contribution in [-0.2, 0) is 14.0 Å². The lowest BCUT2D eigenvalue weighted by Gasteiger charge is -2.33. The normalized spacial score (nSPS) is 17.4. The Labute approximate surface area is 156 Å². The van der Waals surface area contributed by atoms with E-state index in [4.69, 9.17) is 4.43 Å². The number of rotatable bonds is 10. The van der Waals surface area contributed by atoms with Gasteiger partial charge in [0.25, 0.3) is 0 Å². The second-order valence-electron chi connectivity index (χ2n) is 9.16. The van der Waals surface area contributed by atoms with Crippen LogP contribution < -0.4 is 10.3 Å². The summed E-state index contributed by atoms with van der Waals surface area (Å²) < 4.78 is 5.66. The zero-order valence-corrected chi connectivity index (χ0v) is 19.9. The van der Waals surface area contributed by atoms with Gasteiger partial charge in [-0.05, 0) is 31.5 Å². The van der Waals surface area contributed by atoms with Gasteiger partial charge >= 0.3 is 5.97 Å². The molecule has 0 saturated carbocycles. The third-order valence-electron chi connectivity index (χ3n) is 4.26. The molecule has 0 aromatic rings. The van der Waals surface area contributed by atoms with Crippen LogP contribution in [0.15, 0.2) is 0 Å². The van der Waals surface area contributed by atoms with Gasteiger partial charge in [-0.25, -0.2) is 0 Å². The number of carbonyl (C=O) groups is 2. The molecule has 0 fully saturated rings. The highest BCUT2D eigenvalue weighted by atomic mass is 28.4. The first kappa shape index (κ1) is 24.3. The minimum atomic E-state index is -2.00. The van der Waals surface area contributed by atoms with Gasteiger partial charge in [0.15, 0.2) is 0 Å². The maximum Gasteiger partial charge on any atom is 0.315 e. The first-order valence-corrected chi connectivity index (χ1v) is 16.4. The van der Waals surface area contributed by atoms with Crippen molar-refractivity contribution in [3.63, 3.8) is 0 Å². The van der Waals surface area contributed by atoms with Gasteiger partial charge in [0.05, 0.1) is 6.04 Å². The number of hydrogen-bond acceptors (Lipinski definition) is 4. The van der Waals surface area contributed by atoms with Crippen molar-refractivity contribution >= 4 is 28.4 Å². The lowest BCUT2D eigenvalue weighted by Crippen LogP contribution is -2.60. The Morgan fingerprint density at radius 3 is 1.68 bits per heavy atom. The van der Waals surface area contributed by atoms with Crippen molar-refractivity contribution in [1.29, 1.82) is 0 Å². The fourth-order valence-corrected chi connectivity index (χ4v) is 4.53. The van der Waals surface area contributed by atoms with E-state index in [1.807, 2.05) is 33.5 Å². The van der Waals surface area contributed by atoms with Crippen LogP contribution in [-0.4, -0.2) is 40.5 Å². The van der Waals surface area contributed by atoms with Crippen molar-refractivity contribution in [2.24, 2.45) is 11.8 Å². The van der Waals surface area contributed by atoms with Gasteiger partial charge in [-0.15, -0.1) is 0 Å². The number of nitrogens with one attached hydrogen (secondary N) is 2. The molecule has 2 N–H and O–H groups in total. The molecule has 0 saturated heterocycles. The number of carbonyl (C=O) groups excluding carboxylic acids is 2. The fraction of sp³-hybridized carbons (Fsp3) is 0.889. The standard InChI is InChI=1S/C18H40N2O3Si2/c1-11-13(3)15(20-24(5,6)7)17(21)19-16(14(4)12-2)18(22)23-25(8,9)10/h13-16,20H,11-12H2,1-10H3,(H,19,21)/t13-,14-,15-,16-/m0/s1. The van der Waals surface area contributed by atoms with Crippen LogP contribution in [0, 0.1) is 11.8 Å². The third kappa shape index (κ3) is 9.56. The van der Waals surface area contributed by atoms with E-state index in [1.54, 1.807) is 0 Å². The molecule has 0 aliphatic rings. The van der Waals surface area contributed by atoms with Crippen LogP contribution in [0.3, 0.4) is 0 Å². The summed E-state index contributed by atoms with van der Waals surface area (Å²) in [5.74, 6) is -0.137. The lowest BCUT2D eigenvalue weighted by molar-refractivity contribution is -0.142. The molecule has 0 bridgehead atoms. The van der Waals surface area contributed by atoms with Gasteiger partial charge in [0.1, 0.15) is 14.3 Å². The van der Waals surface area contributed by atoms with Gasteiger partial charge in [-0.1, -0.05) is 60.2 Å². The van der Waals surface area contributed by atoms with Crippen LogP contribution in [0.5, 0.6) is 0 Å². The van der Waals surface area contributed by atoms with Crippen LogP contribution in [0.4, 0.5) is 0 Å². The predicted octanol–water partition coefficient (Wildman–Crippen LogP) is 3.73. The van der Waals surface area contributed by atoms with E-state index in [0.717, 1.165) is 12.8 Å². The fourth-order valence-electron chi connectivity index (χ4n) is 2.45. The SMILES string of the molecule is CC[C@H](C)[C@H](N[Si](C)(C)C)C(=O)N[C@H](C(=O)O[Si](C)(C)C)[C@@H](C)CC.